The van der Waals surface area contributed by atoms with Crippen molar-refractivity contribution in [1.82, 2.24) is 9.78 Å². The Bertz CT molecular complexity index is 655. The van der Waals surface area contributed by atoms with Gasteiger partial charge in [0.25, 0.3) is 5.56 Å². The number of nitrogens with two attached hydrogens (primary N) is 1. The second kappa shape index (κ2) is 5.27. The van der Waals surface area contributed by atoms with Crippen LogP contribution in [0.5, 0.6) is 0 Å². The molecule has 6 heteroatoms. The summed E-state index contributed by atoms with van der Waals surface area (Å²) in [7, 11) is 0. The average Bonchev–Trinajstić information content (AvgIpc) is 2.36. The Morgan fingerprint density at radius 3 is 2.84 bits per heavy atom. The largest absolute Gasteiger partial charge is 0.322 e. The molecule has 0 aliphatic heterocycles. The molecule has 100 valence electrons. The molecule has 2 aromatic rings. The molecule has 0 aliphatic rings. The quantitative estimate of drug-likeness (QED) is 0.915. The predicted octanol–water partition coefficient (Wildman–Crippen LogP) is 1.53. The van der Waals surface area contributed by atoms with E-state index in [1.165, 1.54) is 24.4 Å². The van der Waals surface area contributed by atoms with E-state index in [9.17, 15) is 13.6 Å². The van der Waals surface area contributed by atoms with Crippen molar-refractivity contribution in [3.8, 4) is 0 Å². The van der Waals surface area contributed by atoms with Crippen LogP contribution in [0.1, 0.15) is 17.2 Å². The van der Waals surface area contributed by atoms with Crippen molar-refractivity contribution in [2.24, 2.45) is 5.73 Å². The zero-order chi connectivity index (χ0) is 14.0. The van der Waals surface area contributed by atoms with Gasteiger partial charge in [-0.3, -0.25) is 4.79 Å². The molecule has 1 unspecified atom stereocenters. The van der Waals surface area contributed by atoms with Gasteiger partial charge in [0.05, 0.1) is 18.8 Å². The minimum Gasteiger partial charge on any atom is -0.322 e. The number of benzene rings is 1. The van der Waals surface area contributed by atoms with Crippen molar-refractivity contribution in [3.63, 3.8) is 0 Å². The van der Waals surface area contributed by atoms with Gasteiger partial charge in [0.15, 0.2) is 11.6 Å². The summed E-state index contributed by atoms with van der Waals surface area (Å²) in [6.07, 6.45) is 1.51. The van der Waals surface area contributed by atoms with Gasteiger partial charge in [-0.1, -0.05) is 12.1 Å². The summed E-state index contributed by atoms with van der Waals surface area (Å²) in [5.41, 5.74) is 6.22. The highest BCUT2D eigenvalue weighted by atomic mass is 19.2. The molecule has 1 aromatic carbocycles. The third-order valence-corrected chi connectivity index (χ3v) is 2.76. The van der Waals surface area contributed by atoms with Crippen LogP contribution in [0.25, 0.3) is 0 Å². The van der Waals surface area contributed by atoms with Crippen LogP contribution in [-0.2, 0) is 6.54 Å². The summed E-state index contributed by atoms with van der Waals surface area (Å²) in [6, 6.07) is 4.34. The maximum absolute atomic E-state index is 13.6. The summed E-state index contributed by atoms with van der Waals surface area (Å²) in [4.78, 5) is 11.6. The van der Waals surface area contributed by atoms with E-state index < -0.39 is 17.7 Å². The van der Waals surface area contributed by atoms with E-state index in [1.807, 2.05) is 0 Å². The number of halogens is 2. The Balaban J connectivity index is 2.28. The van der Waals surface area contributed by atoms with Crippen LogP contribution in [0.2, 0.25) is 0 Å². The molecule has 1 atom stereocenters. The first-order valence-corrected chi connectivity index (χ1v) is 5.72. The smallest absolute Gasteiger partial charge is 0.267 e. The lowest BCUT2D eigenvalue weighted by atomic mass is 10.1. The van der Waals surface area contributed by atoms with Crippen molar-refractivity contribution in [2.75, 3.05) is 0 Å². The fourth-order valence-corrected chi connectivity index (χ4v) is 1.75. The molecule has 1 heterocycles. The monoisotopic (exact) mass is 265 g/mol. The van der Waals surface area contributed by atoms with Crippen LogP contribution in [-0.4, -0.2) is 9.78 Å². The molecule has 0 saturated heterocycles. The molecule has 0 saturated carbocycles. The van der Waals surface area contributed by atoms with Crippen molar-refractivity contribution >= 4 is 0 Å². The highest BCUT2D eigenvalue weighted by molar-refractivity contribution is 5.22. The molecule has 2 N–H and O–H groups in total. The number of aromatic nitrogens is 2. The number of nitrogens with zero attached hydrogens (tertiary/aromatic N) is 2. The number of aryl methyl sites for hydroxylation is 1. The van der Waals surface area contributed by atoms with E-state index in [4.69, 9.17) is 5.73 Å². The first kappa shape index (κ1) is 13.4. The second-order valence-corrected chi connectivity index (χ2v) is 4.30. The zero-order valence-electron chi connectivity index (χ0n) is 10.3. The van der Waals surface area contributed by atoms with E-state index in [1.54, 1.807) is 6.92 Å². The first-order chi connectivity index (χ1) is 8.99. The Morgan fingerprint density at radius 2 is 2.16 bits per heavy atom. The molecule has 19 heavy (non-hydrogen) atoms. The van der Waals surface area contributed by atoms with Gasteiger partial charge in [-0.25, -0.2) is 13.5 Å². The van der Waals surface area contributed by atoms with Crippen molar-refractivity contribution in [1.29, 1.82) is 0 Å². The summed E-state index contributed by atoms with van der Waals surface area (Å²) in [5.74, 6) is -1.95. The summed E-state index contributed by atoms with van der Waals surface area (Å²) in [6.45, 7) is 1.73. The average molecular weight is 265 g/mol. The van der Waals surface area contributed by atoms with Gasteiger partial charge >= 0.3 is 0 Å². The number of hydrogen-bond donors (Lipinski definition) is 1. The molecule has 4 nitrogen and oxygen atoms in total. The lowest BCUT2D eigenvalue weighted by Crippen LogP contribution is -2.29. The number of rotatable bonds is 3. The minimum absolute atomic E-state index is 0.0144. The Hall–Kier alpha value is -2.08. The maximum atomic E-state index is 13.6. The van der Waals surface area contributed by atoms with Crippen molar-refractivity contribution < 1.29 is 8.78 Å². The maximum Gasteiger partial charge on any atom is 0.267 e. The van der Waals surface area contributed by atoms with Crippen LogP contribution in [0.15, 0.2) is 35.3 Å². The number of hydrogen-bond acceptors (Lipinski definition) is 3. The van der Waals surface area contributed by atoms with E-state index in [2.05, 4.69) is 5.10 Å². The predicted molar refractivity (Wildman–Crippen MR) is 66.5 cm³/mol. The minimum atomic E-state index is -0.991. The van der Waals surface area contributed by atoms with Gasteiger partial charge in [-0.15, -0.1) is 0 Å². The zero-order valence-corrected chi connectivity index (χ0v) is 10.3. The van der Waals surface area contributed by atoms with Crippen molar-refractivity contribution in [2.45, 2.75) is 19.5 Å². The van der Waals surface area contributed by atoms with E-state index in [-0.39, 0.29) is 17.7 Å². The van der Waals surface area contributed by atoms with Gasteiger partial charge in [0.1, 0.15) is 0 Å². The Kier molecular flexibility index (Phi) is 3.71. The van der Waals surface area contributed by atoms with Crippen molar-refractivity contribution in [3.05, 3.63) is 63.6 Å². The summed E-state index contributed by atoms with van der Waals surface area (Å²) >= 11 is 0. The summed E-state index contributed by atoms with van der Waals surface area (Å²) < 4.78 is 27.8. The molecule has 0 aliphatic carbocycles. The molecule has 0 amide bonds. The second-order valence-electron chi connectivity index (χ2n) is 4.30. The van der Waals surface area contributed by atoms with Gasteiger partial charge in [-0.2, -0.15) is 5.10 Å². The topological polar surface area (TPSA) is 60.9 Å². The first-order valence-electron chi connectivity index (χ1n) is 5.72. The molecule has 1 aromatic heterocycles. The van der Waals surface area contributed by atoms with E-state index >= 15 is 0 Å². The lowest BCUT2D eigenvalue weighted by Gasteiger charge is -2.14. The summed E-state index contributed by atoms with van der Waals surface area (Å²) in [5, 5.41) is 3.90. The highest BCUT2D eigenvalue weighted by Crippen LogP contribution is 2.18. The molecule has 0 fully saturated rings. The molecular weight excluding hydrogens is 252 g/mol. The fourth-order valence-electron chi connectivity index (χ4n) is 1.75. The van der Waals surface area contributed by atoms with Gasteiger partial charge in [-0.05, 0) is 18.6 Å². The Morgan fingerprint density at radius 1 is 1.42 bits per heavy atom. The molecule has 0 radical (unpaired) electrons. The van der Waals surface area contributed by atoms with E-state index in [0.717, 1.165) is 16.3 Å². The van der Waals surface area contributed by atoms with Crippen LogP contribution in [0, 0.1) is 18.6 Å². The normalized spacial score (nSPS) is 12.4. The fraction of sp³-hybridized carbons (Fsp3) is 0.231. The van der Waals surface area contributed by atoms with Gasteiger partial charge in [0, 0.05) is 11.6 Å². The highest BCUT2D eigenvalue weighted by Gasteiger charge is 2.15. The SMILES string of the molecule is Cc1cnn(CC(N)c2cccc(F)c2F)c(=O)c1. The standard InChI is InChI=1S/C13H13F2N3O/c1-8-5-12(19)18(17-6-8)7-11(16)9-3-2-4-10(14)13(9)15/h2-6,11H,7,16H2,1H3. The third-order valence-electron chi connectivity index (χ3n) is 2.76. The van der Waals surface area contributed by atoms with Crippen LogP contribution in [0.4, 0.5) is 8.78 Å². The van der Waals surface area contributed by atoms with Crippen LogP contribution >= 0.6 is 0 Å². The third kappa shape index (κ3) is 2.85. The Labute approximate surface area is 108 Å². The molecule has 2 rings (SSSR count). The van der Waals surface area contributed by atoms with E-state index in [0.29, 0.717) is 0 Å². The molecular formula is C13H13F2N3O. The van der Waals surface area contributed by atoms with Crippen LogP contribution in [0.3, 0.4) is 0 Å². The van der Waals surface area contributed by atoms with Crippen LogP contribution < -0.4 is 11.3 Å². The lowest BCUT2D eigenvalue weighted by molar-refractivity contribution is 0.456. The molecule has 0 bridgehead atoms. The van der Waals surface area contributed by atoms with Gasteiger partial charge < -0.3 is 5.73 Å². The van der Waals surface area contributed by atoms with Gasteiger partial charge in [0.2, 0.25) is 0 Å². The molecule has 0 spiro atoms.